The maximum atomic E-state index is 13.8. The molecule has 0 aliphatic carbocycles. The van der Waals surface area contributed by atoms with Crippen LogP contribution in [0.15, 0.2) is 18.2 Å². The Balaban J connectivity index is 1.81. The van der Waals surface area contributed by atoms with Gasteiger partial charge in [0.1, 0.15) is 5.60 Å². The third-order valence-corrected chi connectivity index (χ3v) is 7.92. The summed E-state index contributed by atoms with van der Waals surface area (Å²) in [6.45, 7) is 8.83. The van der Waals surface area contributed by atoms with E-state index in [4.69, 9.17) is 27.9 Å². The Hall–Kier alpha value is -1.67. The molecule has 0 radical (unpaired) electrons. The molecule has 2 saturated heterocycles. The second-order valence-electron chi connectivity index (χ2n) is 11.4. The molecule has 1 aromatic rings. The number of nitrogens with zero attached hydrogens (tertiary/aromatic N) is 2. The first kappa shape index (κ1) is 29.9. The van der Waals surface area contributed by atoms with Crippen LogP contribution in [0.4, 0.5) is 0 Å². The van der Waals surface area contributed by atoms with Crippen LogP contribution in [0.25, 0.3) is 0 Å². The molecule has 4 atom stereocenters. The number of aliphatic hydroxyl groups excluding tert-OH is 1. The fraction of sp³-hybridized carbons (Fsp3) is 0.679. The number of amides is 1. The summed E-state index contributed by atoms with van der Waals surface area (Å²) in [5.74, 6) is -0.157. The van der Waals surface area contributed by atoms with Gasteiger partial charge in [-0.2, -0.15) is 0 Å². The summed E-state index contributed by atoms with van der Waals surface area (Å²) in [4.78, 5) is 43.9. The number of ketones is 1. The van der Waals surface area contributed by atoms with E-state index in [9.17, 15) is 19.5 Å². The summed E-state index contributed by atoms with van der Waals surface area (Å²) < 4.78 is 5.48. The van der Waals surface area contributed by atoms with Gasteiger partial charge < -0.3 is 14.7 Å². The van der Waals surface area contributed by atoms with Crippen LogP contribution in [0.2, 0.25) is 10.0 Å². The lowest BCUT2D eigenvalue weighted by atomic mass is 9.97. The van der Waals surface area contributed by atoms with Crippen molar-refractivity contribution < 1.29 is 24.2 Å². The van der Waals surface area contributed by atoms with Crippen LogP contribution in [-0.4, -0.2) is 76.0 Å². The number of aliphatic hydroxyl groups is 1. The molecule has 9 heteroatoms. The number of benzene rings is 1. The molecule has 206 valence electrons. The molecule has 1 aromatic carbocycles. The smallest absolute Gasteiger partial charge is 0.306 e. The molecule has 3 rings (SSSR count). The Bertz CT molecular complexity index is 980. The van der Waals surface area contributed by atoms with Gasteiger partial charge in [-0.3, -0.25) is 19.3 Å². The Labute approximate surface area is 230 Å². The Kier molecular flexibility index (Phi) is 10.4. The maximum absolute atomic E-state index is 13.8. The standard InChI is InChI=1S/C28H40Cl2N2O5/c1-18-15-24-27(36)31(13-11-20(12-14-33)32(24)17-18)23(8-10-26(35)37-28(2,3)4)25(34)9-6-19-5-7-21(29)22(30)16-19/h5,7,16,18,20,23-24,33H,6,8-15,17H2,1-4H3/t18-,20?,23-,24+/m1/s1. The second-order valence-corrected chi connectivity index (χ2v) is 12.2. The fourth-order valence-electron chi connectivity index (χ4n) is 5.52. The molecule has 2 heterocycles. The molecular formula is C28H40Cl2N2O5. The highest BCUT2D eigenvalue weighted by molar-refractivity contribution is 6.42. The lowest BCUT2D eigenvalue weighted by Crippen LogP contribution is -2.51. The topological polar surface area (TPSA) is 87.1 Å². The number of carbonyl (C=O) groups is 3. The van der Waals surface area contributed by atoms with E-state index in [-0.39, 0.29) is 55.6 Å². The number of Topliss-reactive ketones (excluding diaryl/α,β-unsaturated/α-hetero) is 1. The van der Waals surface area contributed by atoms with Gasteiger partial charge in [0.25, 0.3) is 0 Å². The van der Waals surface area contributed by atoms with Crippen molar-refractivity contribution >= 4 is 40.9 Å². The van der Waals surface area contributed by atoms with Crippen molar-refractivity contribution in [3.63, 3.8) is 0 Å². The monoisotopic (exact) mass is 554 g/mol. The summed E-state index contributed by atoms with van der Waals surface area (Å²) in [5, 5.41) is 10.5. The second kappa shape index (κ2) is 12.9. The summed E-state index contributed by atoms with van der Waals surface area (Å²) in [7, 11) is 0. The Morgan fingerprint density at radius 3 is 2.57 bits per heavy atom. The zero-order valence-electron chi connectivity index (χ0n) is 22.3. The van der Waals surface area contributed by atoms with Crippen molar-refractivity contribution in [2.24, 2.45) is 5.92 Å². The largest absolute Gasteiger partial charge is 0.460 e. The third kappa shape index (κ3) is 8.16. The zero-order chi connectivity index (χ0) is 27.3. The van der Waals surface area contributed by atoms with E-state index in [1.54, 1.807) is 37.8 Å². The van der Waals surface area contributed by atoms with Crippen molar-refractivity contribution in [3.05, 3.63) is 33.8 Å². The summed E-state index contributed by atoms with van der Waals surface area (Å²) >= 11 is 12.2. The number of carbonyl (C=O) groups excluding carboxylic acids is 3. The predicted molar refractivity (Wildman–Crippen MR) is 145 cm³/mol. The highest BCUT2D eigenvalue weighted by atomic mass is 35.5. The van der Waals surface area contributed by atoms with Crippen LogP contribution in [-0.2, 0) is 25.5 Å². The van der Waals surface area contributed by atoms with Gasteiger partial charge in [0.15, 0.2) is 5.78 Å². The number of hydrogen-bond donors (Lipinski definition) is 1. The van der Waals surface area contributed by atoms with E-state index in [0.29, 0.717) is 41.8 Å². The first-order chi connectivity index (χ1) is 17.4. The van der Waals surface area contributed by atoms with E-state index in [2.05, 4.69) is 11.8 Å². The number of fused-ring (bicyclic) bond motifs is 1. The van der Waals surface area contributed by atoms with Crippen molar-refractivity contribution in [1.82, 2.24) is 9.80 Å². The van der Waals surface area contributed by atoms with Crippen molar-refractivity contribution in [3.8, 4) is 0 Å². The number of rotatable bonds is 10. The van der Waals surface area contributed by atoms with Crippen LogP contribution in [0, 0.1) is 5.92 Å². The van der Waals surface area contributed by atoms with E-state index in [1.165, 1.54) is 0 Å². The van der Waals surface area contributed by atoms with Crippen LogP contribution in [0.1, 0.15) is 71.8 Å². The van der Waals surface area contributed by atoms with Gasteiger partial charge in [0.2, 0.25) is 5.91 Å². The molecule has 0 saturated carbocycles. The summed E-state index contributed by atoms with van der Waals surface area (Å²) in [5.41, 5.74) is 0.260. The quantitative estimate of drug-likeness (QED) is 0.422. The van der Waals surface area contributed by atoms with Gasteiger partial charge >= 0.3 is 5.97 Å². The first-order valence-electron chi connectivity index (χ1n) is 13.2. The van der Waals surface area contributed by atoms with Gasteiger partial charge in [-0.15, -0.1) is 0 Å². The lowest BCUT2D eigenvalue weighted by Gasteiger charge is -2.32. The average Bonchev–Trinajstić information content (AvgIpc) is 3.15. The molecule has 1 unspecified atom stereocenters. The molecule has 2 fully saturated rings. The summed E-state index contributed by atoms with van der Waals surface area (Å²) in [6, 6.07) is 4.37. The van der Waals surface area contributed by atoms with Gasteiger partial charge in [0, 0.05) is 38.6 Å². The molecule has 0 spiro atoms. The van der Waals surface area contributed by atoms with Crippen molar-refractivity contribution in [1.29, 1.82) is 0 Å². The average molecular weight is 556 g/mol. The van der Waals surface area contributed by atoms with Crippen LogP contribution in [0.3, 0.4) is 0 Å². The molecule has 2 aliphatic rings. The minimum absolute atomic E-state index is 0.0507. The predicted octanol–water partition coefficient (Wildman–Crippen LogP) is 4.68. The molecule has 37 heavy (non-hydrogen) atoms. The molecule has 1 amide bonds. The number of halogens is 2. The van der Waals surface area contributed by atoms with Gasteiger partial charge in [-0.05, 0) is 76.5 Å². The molecule has 0 aromatic heterocycles. The molecule has 0 bridgehead atoms. The minimum Gasteiger partial charge on any atom is -0.460 e. The SMILES string of the molecule is C[C@@H]1C[C@H]2C(=O)N([C@H](CCC(=O)OC(C)(C)C)C(=O)CCc3ccc(Cl)c(Cl)c3)CCC(CCO)N2C1. The van der Waals surface area contributed by atoms with Crippen molar-refractivity contribution in [2.45, 2.75) is 96.4 Å². The number of esters is 1. The Morgan fingerprint density at radius 2 is 1.92 bits per heavy atom. The molecule has 1 N–H and O–H groups in total. The van der Waals surface area contributed by atoms with Crippen molar-refractivity contribution in [2.75, 3.05) is 19.7 Å². The highest BCUT2D eigenvalue weighted by Gasteiger charge is 2.45. The fourth-order valence-corrected chi connectivity index (χ4v) is 5.84. The minimum atomic E-state index is -0.714. The molecular weight excluding hydrogens is 515 g/mol. The molecule has 7 nitrogen and oxygen atoms in total. The number of aryl methyl sites for hydroxylation is 1. The normalized spacial score (nSPS) is 23.5. The van der Waals surface area contributed by atoms with Crippen LogP contribution in [0.5, 0.6) is 0 Å². The third-order valence-electron chi connectivity index (χ3n) is 7.19. The van der Waals surface area contributed by atoms with E-state index >= 15 is 0 Å². The van der Waals surface area contributed by atoms with E-state index in [1.807, 2.05) is 6.07 Å². The highest BCUT2D eigenvalue weighted by Crippen LogP contribution is 2.33. The lowest BCUT2D eigenvalue weighted by molar-refractivity contribution is -0.156. The van der Waals surface area contributed by atoms with Gasteiger partial charge in [-0.25, -0.2) is 0 Å². The van der Waals surface area contributed by atoms with E-state index in [0.717, 1.165) is 18.5 Å². The number of hydrogen-bond acceptors (Lipinski definition) is 6. The first-order valence-corrected chi connectivity index (χ1v) is 14.0. The zero-order valence-corrected chi connectivity index (χ0v) is 23.9. The van der Waals surface area contributed by atoms with E-state index < -0.39 is 11.6 Å². The van der Waals surface area contributed by atoms with Crippen LogP contribution >= 0.6 is 23.2 Å². The Morgan fingerprint density at radius 1 is 1.19 bits per heavy atom. The maximum Gasteiger partial charge on any atom is 0.306 e. The number of ether oxygens (including phenoxy) is 1. The van der Waals surface area contributed by atoms with Gasteiger partial charge in [0.05, 0.1) is 22.1 Å². The summed E-state index contributed by atoms with van der Waals surface area (Å²) in [6.07, 6.45) is 2.94. The van der Waals surface area contributed by atoms with Gasteiger partial charge in [-0.1, -0.05) is 36.2 Å². The molecule has 2 aliphatic heterocycles. The van der Waals surface area contributed by atoms with Crippen LogP contribution < -0.4 is 0 Å².